The van der Waals surface area contributed by atoms with Crippen LogP contribution in [0, 0.1) is 46.3 Å². The molecule has 0 bridgehead atoms. The second-order valence-electron chi connectivity index (χ2n) is 11.9. The fourth-order valence-corrected chi connectivity index (χ4v) is 9.22. The van der Waals surface area contributed by atoms with Crippen molar-refractivity contribution in [2.45, 2.75) is 96.9 Å². The van der Waals surface area contributed by atoms with Crippen molar-refractivity contribution in [3.8, 4) is 0 Å². The summed E-state index contributed by atoms with van der Waals surface area (Å²) < 4.78 is 36.4. The van der Waals surface area contributed by atoms with E-state index in [1.165, 1.54) is 0 Å². The molecule has 3 N–H and O–H groups in total. The molecule has 0 unspecified atom stereocenters. The molecule has 0 heterocycles. The van der Waals surface area contributed by atoms with Crippen LogP contribution in [0.15, 0.2) is 0 Å². The third kappa shape index (κ3) is 5.12. The topological polar surface area (TPSA) is 127 Å². The van der Waals surface area contributed by atoms with E-state index < -0.39 is 16.5 Å². The van der Waals surface area contributed by atoms with E-state index in [0.717, 1.165) is 44.9 Å². The van der Waals surface area contributed by atoms with Gasteiger partial charge in [0.25, 0.3) is 0 Å². The van der Waals surface area contributed by atoms with Gasteiger partial charge in [0, 0.05) is 0 Å². The second kappa shape index (κ2) is 10.3. The summed E-state index contributed by atoms with van der Waals surface area (Å²) in [5.74, 6) is 1.60. The Morgan fingerprint density at radius 3 is 2.42 bits per heavy atom. The van der Waals surface area contributed by atoms with Crippen LogP contribution in [0.25, 0.3) is 0 Å². The second-order valence-corrected chi connectivity index (χ2v) is 12.9. The van der Waals surface area contributed by atoms with Crippen LogP contribution in [0.1, 0.15) is 78.6 Å². The predicted molar refractivity (Wildman–Crippen MR) is 118 cm³/mol. The zero-order valence-electron chi connectivity index (χ0n) is 20.7. The number of aliphatic hydroxyl groups is 3. The number of fused-ring (bicyclic) bond motifs is 5. The Bertz CT molecular complexity index is 794. The first-order valence-electron chi connectivity index (χ1n) is 12.5. The monoisotopic (exact) mass is 496 g/mol. The number of hydrogen-bond acceptors (Lipinski definition) is 7. The molecular formula is C24H41NaO7S. The first-order chi connectivity index (χ1) is 14.9. The van der Waals surface area contributed by atoms with Crippen LogP contribution in [0.2, 0.25) is 0 Å². The van der Waals surface area contributed by atoms with Gasteiger partial charge in [-0.3, -0.25) is 4.18 Å². The third-order valence-electron chi connectivity index (χ3n) is 10.6. The summed E-state index contributed by atoms with van der Waals surface area (Å²) in [6.45, 7) is 6.60. The zero-order valence-corrected chi connectivity index (χ0v) is 23.5. The van der Waals surface area contributed by atoms with E-state index in [2.05, 4.69) is 25.0 Å². The molecule has 4 aliphatic rings. The van der Waals surface area contributed by atoms with Gasteiger partial charge in [-0.15, -0.1) is 0 Å². The fraction of sp³-hybridized carbons (Fsp3) is 1.00. The van der Waals surface area contributed by atoms with E-state index in [9.17, 15) is 28.3 Å². The summed E-state index contributed by atoms with van der Waals surface area (Å²) in [6, 6.07) is 0. The Balaban J connectivity index is 0.00000306. The Morgan fingerprint density at radius 1 is 1.06 bits per heavy atom. The normalized spacial score (nSPS) is 48.2. The maximum absolute atomic E-state index is 11.5. The van der Waals surface area contributed by atoms with E-state index in [1.54, 1.807) is 0 Å². The summed E-state index contributed by atoms with van der Waals surface area (Å²) in [5.41, 5.74) is -0.208. The largest absolute Gasteiger partial charge is 1.00 e. The fourth-order valence-electron chi connectivity index (χ4n) is 8.90. The Morgan fingerprint density at radius 2 is 1.76 bits per heavy atom. The van der Waals surface area contributed by atoms with Crippen molar-refractivity contribution in [3.63, 3.8) is 0 Å². The van der Waals surface area contributed by atoms with Gasteiger partial charge in [-0.25, -0.2) is 8.42 Å². The van der Waals surface area contributed by atoms with Crippen LogP contribution < -0.4 is 29.6 Å². The van der Waals surface area contributed by atoms with E-state index in [-0.39, 0.29) is 82.9 Å². The van der Waals surface area contributed by atoms with Gasteiger partial charge in [-0.2, -0.15) is 0 Å². The number of hydrogen-bond donors (Lipinski definition) is 3. The molecule has 33 heavy (non-hydrogen) atoms. The van der Waals surface area contributed by atoms with Crippen molar-refractivity contribution in [2.75, 3.05) is 6.61 Å². The van der Waals surface area contributed by atoms with Crippen molar-refractivity contribution >= 4 is 10.4 Å². The standard InChI is InChI=1S/C24H42O7S.Na/c1-14(5-4-10-31-32(28,29)30)17-6-7-18-22-19(13-21(27)24(17,18)3)23(2)9-8-16(25)11-15(23)12-20(22)26;/h14-22,25-27H,4-13H2,1-3H3,(H,28,29,30);/q;+1/p-1/t14-,15+,16+,17+,18-,19-,20+,21-,22-,23-,24+;/m0./s1. The molecule has 0 spiro atoms. The first kappa shape index (κ1) is 28.3. The third-order valence-corrected chi connectivity index (χ3v) is 11.0. The van der Waals surface area contributed by atoms with Gasteiger partial charge >= 0.3 is 29.6 Å². The van der Waals surface area contributed by atoms with Crippen molar-refractivity contribution in [2.24, 2.45) is 46.3 Å². The molecule has 0 aromatic rings. The molecule has 4 saturated carbocycles. The molecule has 11 atom stereocenters. The Kier molecular flexibility index (Phi) is 8.80. The zero-order chi connectivity index (χ0) is 23.5. The molecule has 4 rings (SSSR count). The molecule has 4 fully saturated rings. The van der Waals surface area contributed by atoms with Gasteiger partial charge in [0.2, 0.25) is 10.4 Å². The van der Waals surface area contributed by atoms with Crippen LogP contribution in [0.3, 0.4) is 0 Å². The van der Waals surface area contributed by atoms with E-state index >= 15 is 0 Å². The minimum absolute atomic E-state index is 0. The molecular weight excluding hydrogens is 455 g/mol. The maximum atomic E-state index is 11.5. The summed E-state index contributed by atoms with van der Waals surface area (Å²) in [6.07, 6.45) is 6.12. The van der Waals surface area contributed by atoms with Crippen LogP contribution in [-0.4, -0.2) is 53.2 Å². The van der Waals surface area contributed by atoms with Gasteiger partial charge in [-0.1, -0.05) is 20.8 Å². The van der Waals surface area contributed by atoms with Crippen molar-refractivity contribution in [3.05, 3.63) is 0 Å². The summed E-state index contributed by atoms with van der Waals surface area (Å²) in [4.78, 5) is 0. The molecule has 4 aliphatic carbocycles. The quantitative estimate of drug-likeness (QED) is 0.202. The van der Waals surface area contributed by atoms with E-state index in [1.807, 2.05) is 0 Å². The molecule has 0 aromatic heterocycles. The van der Waals surface area contributed by atoms with Crippen LogP contribution in [0.4, 0.5) is 0 Å². The first-order valence-corrected chi connectivity index (χ1v) is 13.9. The Hall–Kier alpha value is 0.750. The molecule has 0 aliphatic heterocycles. The van der Waals surface area contributed by atoms with Gasteiger partial charge in [-0.05, 0) is 104 Å². The minimum Gasteiger partial charge on any atom is -0.726 e. The van der Waals surface area contributed by atoms with Gasteiger partial charge in [0.15, 0.2) is 0 Å². The Labute approximate surface area is 221 Å². The molecule has 9 heteroatoms. The van der Waals surface area contributed by atoms with Crippen molar-refractivity contribution in [1.82, 2.24) is 0 Å². The number of aliphatic hydroxyl groups excluding tert-OH is 3. The van der Waals surface area contributed by atoms with Gasteiger partial charge in [0.1, 0.15) is 0 Å². The smallest absolute Gasteiger partial charge is 0.726 e. The summed E-state index contributed by atoms with van der Waals surface area (Å²) in [7, 11) is -4.65. The SMILES string of the molecule is C[C@@H](CCCOS(=O)(=O)[O-])[C@H]1CC[C@H]2[C@@H]3[C@H](O)C[C@H]4C[C@H](O)CC[C@]4(C)[C@H]3C[C@H](O)[C@]12C.[Na+]. The van der Waals surface area contributed by atoms with Crippen LogP contribution in [-0.2, 0) is 14.6 Å². The van der Waals surface area contributed by atoms with E-state index in [4.69, 9.17) is 0 Å². The predicted octanol–water partition coefficient (Wildman–Crippen LogP) is -0.155. The van der Waals surface area contributed by atoms with Gasteiger partial charge < -0.3 is 19.9 Å². The summed E-state index contributed by atoms with van der Waals surface area (Å²) in [5, 5.41) is 33.1. The van der Waals surface area contributed by atoms with Gasteiger partial charge in [0.05, 0.1) is 24.9 Å². The van der Waals surface area contributed by atoms with Crippen LogP contribution in [0.5, 0.6) is 0 Å². The maximum Gasteiger partial charge on any atom is 1.00 e. The molecule has 0 radical (unpaired) electrons. The van der Waals surface area contributed by atoms with Crippen molar-refractivity contribution in [1.29, 1.82) is 0 Å². The van der Waals surface area contributed by atoms with Crippen LogP contribution >= 0.6 is 0 Å². The average molecular weight is 497 g/mol. The molecule has 7 nitrogen and oxygen atoms in total. The molecule has 186 valence electrons. The van der Waals surface area contributed by atoms with E-state index in [0.29, 0.717) is 24.7 Å². The minimum atomic E-state index is -4.65. The molecule has 0 amide bonds. The number of rotatable bonds is 6. The molecule has 0 saturated heterocycles. The molecule has 0 aromatic carbocycles. The van der Waals surface area contributed by atoms with Crippen molar-refractivity contribution < 1.29 is 62.0 Å². The summed E-state index contributed by atoms with van der Waals surface area (Å²) >= 11 is 0. The average Bonchev–Trinajstić information content (AvgIpc) is 3.05.